The average molecular weight is 307 g/mol. The third kappa shape index (κ3) is 2.70. The van der Waals surface area contributed by atoms with Crippen molar-refractivity contribution in [2.24, 2.45) is 0 Å². The lowest BCUT2D eigenvalue weighted by Crippen LogP contribution is -2.18. The third-order valence-corrected chi connectivity index (χ3v) is 4.40. The van der Waals surface area contributed by atoms with Crippen molar-refractivity contribution in [1.29, 1.82) is 0 Å². The molecule has 0 saturated heterocycles. The number of benzene rings is 2. The van der Waals surface area contributed by atoms with Crippen molar-refractivity contribution >= 4 is 11.6 Å². The van der Waals surface area contributed by atoms with E-state index >= 15 is 0 Å². The van der Waals surface area contributed by atoms with Crippen LogP contribution >= 0.6 is 11.6 Å². The molecule has 2 atom stereocenters. The smallest absolute Gasteiger partial charge is 0.131 e. The van der Waals surface area contributed by atoms with E-state index in [1.807, 2.05) is 24.3 Å². The lowest BCUT2D eigenvalue weighted by molar-refractivity contribution is 0.264. The minimum absolute atomic E-state index is 0.0412. The number of alkyl halides is 1. The van der Waals surface area contributed by atoms with Crippen LogP contribution in [0.4, 0.5) is 4.39 Å². The maximum atomic E-state index is 14.2. The summed E-state index contributed by atoms with van der Waals surface area (Å²) in [6, 6.07) is 12.6. The lowest BCUT2D eigenvalue weighted by atomic mass is 9.87. The van der Waals surface area contributed by atoms with E-state index in [4.69, 9.17) is 21.1 Å². The minimum atomic E-state index is -0.430. The van der Waals surface area contributed by atoms with E-state index in [-0.39, 0.29) is 11.7 Å². The van der Waals surface area contributed by atoms with Gasteiger partial charge in [-0.3, -0.25) is 0 Å². The SMILES string of the molecule is COc1ccc(C(Cl)C2CCOc3ccccc32)c(F)c1. The first-order valence-corrected chi connectivity index (χ1v) is 7.33. The maximum Gasteiger partial charge on any atom is 0.131 e. The molecule has 21 heavy (non-hydrogen) atoms. The van der Waals surface area contributed by atoms with Gasteiger partial charge in [0, 0.05) is 17.5 Å². The van der Waals surface area contributed by atoms with Gasteiger partial charge in [0.15, 0.2) is 0 Å². The summed E-state index contributed by atoms with van der Waals surface area (Å²) in [5, 5.41) is -0.430. The number of methoxy groups -OCH3 is 1. The lowest BCUT2D eigenvalue weighted by Gasteiger charge is -2.29. The van der Waals surface area contributed by atoms with Gasteiger partial charge in [0.1, 0.15) is 17.3 Å². The molecule has 0 aliphatic carbocycles. The Hall–Kier alpha value is -1.74. The number of para-hydroxylation sites is 1. The van der Waals surface area contributed by atoms with Gasteiger partial charge in [0.05, 0.1) is 19.1 Å². The first kappa shape index (κ1) is 14.2. The van der Waals surface area contributed by atoms with Crippen molar-refractivity contribution in [3.8, 4) is 11.5 Å². The van der Waals surface area contributed by atoms with E-state index in [0.29, 0.717) is 17.9 Å². The van der Waals surface area contributed by atoms with E-state index in [1.54, 1.807) is 12.1 Å². The van der Waals surface area contributed by atoms with Crippen molar-refractivity contribution in [3.63, 3.8) is 0 Å². The quantitative estimate of drug-likeness (QED) is 0.767. The molecule has 0 amide bonds. The molecular formula is C17H16ClFO2. The molecule has 0 saturated carbocycles. The van der Waals surface area contributed by atoms with E-state index in [0.717, 1.165) is 17.7 Å². The van der Waals surface area contributed by atoms with Gasteiger partial charge in [-0.2, -0.15) is 0 Å². The summed E-state index contributed by atoms with van der Waals surface area (Å²) in [7, 11) is 1.52. The Balaban J connectivity index is 1.94. The molecule has 0 aromatic heterocycles. The van der Waals surface area contributed by atoms with Crippen LogP contribution in [0.2, 0.25) is 0 Å². The molecule has 0 spiro atoms. The summed E-state index contributed by atoms with van der Waals surface area (Å²) < 4.78 is 24.9. The second-order valence-corrected chi connectivity index (χ2v) is 5.54. The molecule has 0 radical (unpaired) electrons. The van der Waals surface area contributed by atoms with Crippen LogP contribution in [-0.2, 0) is 0 Å². The summed E-state index contributed by atoms with van der Waals surface area (Å²) in [4.78, 5) is 0. The summed E-state index contributed by atoms with van der Waals surface area (Å²) in [6.07, 6.45) is 0.774. The van der Waals surface area contributed by atoms with Crippen LogP contribution in [-0.4, -0.2) is 13.7 Å². The fourth-order valence-corrected chi connectivity index (χ4v) is 3.19. The predicted octanol–water partition coefficient (Wildman–Crippen LogP) is 4.68. The normalized spacial score (nSPS) is 18.5. The molecule has 2 unspecified atom stereocenters. The number of hydrogen-bond acceptors (Lipinski definition) is 2. The molecule has 0 bridgehead atoms. The molecule has 1 aliphatic rings. The Morgan fingerprint density at radius 1 is 1.29 bits per heavy atom. The van der Waals surface area contributed by atoms with Gasteiger partial charge in [-0.05, 0) is 24.1 Å². The highest BCUT2D eigenvalue weighted by Gasteiger charge is 2.30. The highest BCUT2D eigenvalue weighted by molar-refractivity contribution is 6.21. The topological polar surface area (TPSA) is 18.5 Å². The van der Waals surface area contributed by atoms with E-state index in [2.05, 4.69) is 0 Å². The molecule has 110 valence electrons. The number of fused-ring (bicyclic) bond motifs is 1. The zero-order valence-corrected chi connectivity index (χ0v) is 12.4. The van der Waals surface area contributed by atoms with E-state index < -0.39 is 5.38 Å². The second kappa shape index (κ2) is 5.94. The van der Waals surface area contributed by atoms with Crippen LogP contribution in [0.15, 0.2) is 42.5 Å². The summed E-state index contributed by atoms with van der Waals surface area (Å²) >= 11 is 6.58. The van der Waals surface area contributed by atoms with Gasteiger partial charge < -0.3 is 9.47 Å². The molecule has 0 fully saturated rings. The van der Waals surface area contributed by atoms with Crippen molar-refractivity contribution in [2.75, 3.05) is 13.7 Å². The fraction of sp³-hybridized carbons (Fsp3) is 0.294. The highest BCUT2D eigenvalue weighted by atomic mass is 35.5. The van der Waals surface area contributed by atoms with E-state index in [1.165, 1.54) is 13.2 Å². The first-order valence-electron chi connectivity index (χ1n) is 6.90. The van der Waals surface area contributed by atoms with Crippen LogP contribution < -0.4 is 9.47 Å². The number of halogens is 2. The van der Waals surface area contributed by atoms with Crippen LogP contribution in [0, 0.1) is 5.82 Å². The Bertz CT molecular complexity index is 644. The van der Waals surface area contributed by atoms with Crippen LogP contribution in [0.25, 0.3) is 0 Å². The molecule has 2 aromatic carbocycles. The zero-order valence-electron chi connectivity index (χ0n) is 11.7. The van der Waals surface area contributed by atoms with Gasteiger partial charge in [0.25, 0.3) is 0 Å². The average Bonchev–Trinajstić information content (AvgIpc) is 2.53. The Kier molecular flexibility index (Phi) is 4.02. The highest BCUT2D eigenvalue weighted by Crippen LogP contribution is 2.45. The van der Waals surface area contributed by atoms with Crippen molar-refractivity contribution in [2.45, 2.75) is 17.7 Å². The van der Waals surface area contributed by atoms with Crippen molar-refractivity contribution < 1.29 is 13.9 Å². The molecule has 2 nitrogen and oxygen atoms in total. The molecular weight excluding hydrogens is 291 g/mol. The second-order valence-electron chi connectivity index (χ2n) is 5.07. The zero-order chi connectivity index (χ0) is 14.8. The summed E-state index contributed by atoms with van der Waals surface area (Å²) in [6.45, 7) is 0.600. The monoisotopic (exact) mass is 306 g/mol. The first-order chi connectivity index (χ1) is 10.2. The maximum absolute atomic E-state index is 14.2. The molecule has 1 aliphatic heterocycles. The third-order valence-electron chi connectivity index (χ3n) is 3.86. The molecule has 0 N–H and O–H groups in total. The molecule has 3 rings (SSSR count). The minimum Gasteiger partial charge on any atom is -0.497 e. The van der Waals surface area contributed by atoms with E-state index in [9.17, 15) is 4.39 Å². The van der Waals surface area contributed by atoms with Gasteiger partial charge in [-0.1, -0.05) is 24.3 Å². The van der Waals surface area contributed by atoms with Gasteiger partial charge in [0.2, 0.25) is 0 Å². The molecule has 4 heteroatoms. The molecule has 2 aromatic rings. The number of hydrogen-bond donors (Lipinski definition) is 0. The van der Waals surface area contributed by atoms with Gasteiger partial charge in [-0.15, -0.1) is 11.6 Å². The van der Waals surface area contributed by atoms with Crippen LogP contribution in [0.5, 0.6) is 11.5 Å². The Morgan fingerprint density at radius 3 is 2.86 bits per heavy atom. The Morgan fingerprint density at radius 2 is 2.10 bits per heavy atom. The fourth-order valence-electron chi connectivity index (χ4n) is 2.75. The Labute approximate surface area is 128 Å². The molecule has 1 heterocycles. The van der Waals surface area contributed by atoms with Gasteiger partial charge >= 0.3 is 0 Å². The largest absolute Gasteiger partial charge is 0.497 e. The van der Waals surface area contributed by atoms with Crippen LogP contribution in [0.1, 0.15) is 28.8 Å². The van der Waals surface area contributed by atoms with Crippen LogP contribution in [0.3, 0.4) is 0 Å². The summed E-state index contributed by atoms with van der Waals surface area (Å²) in [5.41, 5.74) is 1.54. The van der Waals surface area contributed by atoms with Gasteiger partial charge in [-0.25, -0.2) is 4.39 Å². The standard InChI is InChI=1S/C17H16ClFO2/c1-20-11-6-7-14(15(19)10-11)17(18)13-8-9-21-16-5-3-2-4-12(13)16/h2-7,10,13,17H,8-9H2,1H3. The predicted molar refractivity (Wildman–Crippen MR) is 80.8 cm³/mol. The van der Waals surface area contributed by atoms with Crippen molar-refractivity contribution in [1.82, 2.24) is 0 Å². The summed E-state index contributed by atoms with van der Waals surface area (Å²) in [5.74, 6) is 1.04. The number of ether oxygens (including phenoxy) is 2. The number of rotatable bonds is 3. The van der Waals surface area contributed by atoms with Crippen molar-refractivity contribution in [3.05, 3.63) is 59.4 Å².